The van der Waals surface area contributed by atoms with E-state index in [4.69, 9.17) is 5.73 Å². The third kappa shape index (κ3) is 2.53. The summed E-state index contributed by atoms with van der Waals surface area (Å²) in [7, 11) is 0. The molecule has 0 radical (unpaired) electrons. The molecule has 0 aliphatic rings. The average Bonchev–Trinajstić information content (AvgIpc) is 2.77. The highest BCUT2D eigenvalue weighted by molar-refractivity contribution is 5.37. The zero-order valence-corrected chi connectivity index (χ0v) is 9.65. The molecular weight excluding hydrogens is 243 g/mol. The molecule has 0 aliphatic carbocycles. The standard InChI is InChI=1S/C12H12F3N3/c1-8(16)11-6-18(7-17-11)10-4-2-3-9(5-10)12(13,14)15/h2-8H,16H2,1H3/t8-/m0/s1. The second-order valence-corrected chi connectivity index (χ2v) is 4.04. The number of aromatic nitrogens is 2. The molecular formula is C12H12F3N3. The van der Waals surface area contributed by atoms with Gasteiger partial charge in [-0.25, -0.2) is 4.98 Å². The molecule has 18 heavy (non-hydrogen) atoms. The minimum atomic E-state index is -4.35. The van der Waals surface area contributed by atoms with E-state index in [0.717, 1.165) is 12.1 Å². The van der Waals surface area contributed by atoms with Crippen molar-refractivity contribution in [3.8, 4) is 5.69 Å². The number of alkyl halides is 3. The second kappa shape index (κ2) is 4.45. The van der Waals surface area contributed by atoms with Crippen LogP contribution in [0.3, 0.4) is 0 Å². The second-order valence-electron chi connectivity index (χ2n) is 4.04. The summed E-state index contributed by atoms with van der Waals surface area (Å²) in [4.78, 5) is 4.04. The van der Waals surface area contributed by atoms with Crippen molar-refractivity contribution in [2.75, 3.05) is 0 Å². The van der Waals surface area contributed by atoms with Crippen LogP contribution in [-0.2, 0) is 6.18 Å². The van der Waals surface area contributed by atoms with Gasteiger partial charge in [-0.2, -0.15) is 13.2 Å². The van der Waals surface area contributed by atoms with Gasteiger partial charge in [0.05, 0.1) is 17.6 Å². The van der Waals surface area contributed by atoms with Crippen LogP contribution in [0.2, 0.25) is 0 Å². The van der Waals surface area contributed by atoms with Gasteiger partial charge < -0.3 is 10.3 Å². The van der Waals surface area contributed by atoms with E-state index in [1.54, 1.807) is 19.2 Å². The summed E-state index contributed by atoms with van der Waals surface area (Å²) in [6.07, 6.45) is -1.27. The monoisotopic (exact) mass is 255 g/mol. The van der Waals surface area contributed by atoms with Crippen LogP contribution in [0.5, 0.6) is 0 Å². The van der Waals surface area contributed by atoms with E-state index in [2.05, 4.69) is 4.98 Å². The summed E-state index contributed by atoms with van der Waals surface area (Å²) < 4.78 is 39.2. The number of benzene rings is 1. The molecule has 0 unspecified atom stereocenters. The summed E-state index contributed by atoms with van der Waals surface area (Å²) >= 11 is 0. The molecule has 0 spiro atoms. The Morgan fingerprint density at radius 3 is 2.61 bits per heavy atom. The SMILES string of the molecule is C[C@H](N)c1cn(-c2cccc(C(F)(F)F)c2)cn1. The van der Waals surface area contributed by atoms with Crippen LogP contribution < -0.4 is 5.73 Å². The minimum absolute atomic E-state index is 0.253. The molecule has 0 saturated heterocycles. The van der Waals surface area contributed by atoms with Crippen molar-refractivity contribution in [3.63, 3.8) is 0 Å². The van der Waals surface area contributed by atoms with Crippen molar-refractivity contribution < 1.29 is 13.2 Å². The average molecular weight is 255 g/mol. The lowest BCUT2D eigenvalue weighted by Gasteiger charge is -2.09. The summed E-state index contributed by atoms with van der Waals surface area (Å²) in [5.41, 5.74) is 6.00. The zero-order valence-electron chi connectivity index (χ0n) is 9.65. The fourth-order valence-corrected chi connectivity index (χ4v) is 1.56. The molecule has 1 aromatic heterocycles. The lowest BCUT2D eigenvalue weighted by atomic mass is 10.2. The quantitative estimate of drug-likeness (QED) is 0.896. The molecule has 0 aliphatic heterocycles. The molecule has 0 fully saturated rings. The highest BCUT2D eigenvalue weighted by Gasteiger charge is 2.30. The maximum Gasteiger partial charge on any atom is 0.416 e. The lowest BCUT2D eigenvalue weighted by Crippen LogP contribution is -2.06. The Morgan fingerprint density at radius 2 is 2.06 bits per heavy atom. The fraction of sp³-hybridized carbons (Fsp3) is 0.250. The zero-order chi connectivity index (χ0) is 13.3. The van der Waals surface area contributed by atoms with Crippen molar-refractivity contribution in [3.05, 3.63) is 48.0 Å². The van der Waals surface area contributed by atoms with Gasteiger partial charge in [0.2, 0.25) is 0 Å². The van der Waals surface area contributed by atoms with Gasteiger partial charge >= 0.3 is 6.18 Å². The molecule has 0 saturated carbocycles. The number of halogens is 3. The Balaban J connectivity index is 2.38. The Morgan fingerprint density at radius 1 is 1.33 bits per heavy atom. The van der Waals surface area contributed by atoms with Gasteiger partial charge in [0, 0.05) is 17.9 Å². The molecule has 1 aromatic carbocycles. The van der Waals surface area contributed by atoms with E-state index in [1.165, 1.54) is 17.0 Å². The van der Waals surface area contributed by atoms with Crippen LogP contribution in [0.1, 0.15) is 24.2 Å². The predicted molar refractivity (Wildman–Crippen MR) is 61.2 cm³/mol. The van der Waals surface area contributed by atoms with Crippen LogP contribution in [0.4, 0.5) is 13.2 Å². The van der Waals surface area contributed by atoms with Crippen LogP contribution in [0, 0.1) is 0 Å². The van der Waals surface area contributed by atoms with E-state index >= 15 is 0 Å². The highest BCUT2D eigenvalue weighted by Crippen LogP contribution is 2.30. The van der Waals surface area contributed by atoms with E-state index in [-0.39, 0.29) is 6.04 Å². The Kier molecular flexibility index (Phi) is 3.13. The first kappa shape index (κ1) is 12.6. The van der Waals surface area contributed by atoms with Gasteiger partial charge in [-0.3, -0.25) is 0 Å². The van der Waals surface area contributed by atoms with E-state index in [1.807, 2.05) is 0 Å². The van der Waals surface area contributed by atoms with Crippen molar-refractivity contribution in [1.29, 1.82) is 0 Å². The fourth-order valence-electron chi connectivity index (χ4n) is 1.56. The highest BCUT2D eigenvalue weighted by atomic mass is 19.4. The maximum atomic E-state index is 12.6. The number of rotatable bonds is 2. The third-order valence-corrected chi connectivity index (χ3v) is 2.54. The molecule has 96 valence electrons. The van der Waals surface area contributed by atoms with Gasteiger partial charge in [-0.1, -0.05) is 6.07 Å². The van der Waals surface area contributed by atoms with Crippen molar-refractivity contribution >= 4 is 0 Å². The van der Waals surface area contributed by atoms with Gasteiger partial charge in [0.25, 0.3) is 0 Å². The summed E-state index contributed by atoms with van der Waals surface area (Å²) in [5, 5.41) is 0. The summed E-state index contributed by atoms with van der Waals surface area (Å²) in [5.74, 6) is 0. The Labute approximate surface area is 102 Å². The molecule has 0 bridgehead atoms. The molecule has 2 aromatic rings. The predicted octanol–water partition coefficient (Wildman–Crippen LogP) is 2.91. The first-order valence-corrected chi connectivity index (χ1v) is 5.35. The lowest BCUT2D eigenvalue weighted by molar-refractivity contribution is -0.137. The van der Waals surface area contributed by atoms with Crippen molar-refractivity contribution in [2.45, 2.75) is 19.1 Å². The number of imidazole rings is 1. The first-order valence-electron chi connectivity index (χ1n) is 5.35. The van der Waals surface area contributed by atoms with Crippen molar-refractivity contribution in [2.24, 2.45) is 5.73 Å². The maximum absolute atomic E-state index is 12.6. The largest absolute Gasteiger partial charge is 0.416 e. The van der Waals surface area contributed by atoms with Crippen LogP contribution in [0.15, 0.2) is 36.8 Å². The molecule has 1 atom stereocenters. The number of nitrogens with two attached hydrogens (primary N) is 1. The smallest absolute Gasteiger partial charge is 0.323 e. The normalized spacial score (nSPS) is 13.6. The topological polar surface area (TPSA) is 43.8 Å². The molecule has 2 N–H and O–H groups in total. The molecule has 2 rings (SSSR count). The minimum Gasteiger partial charge on any atom is -0.323 e. The Bertz CT molecular complexity index is 543. The number of hydrogen-bond donors (Lipinski definition) is 1. The van der Waals surface area contributed by atoms with Crippen LogP contribution >= 0.6 is 0 Å². The summed E-state index contributed by atoms with van der Waals surface area (Å²) in [6.45, 7) is 1.76. The Hall–Kier alpha value is -1.82. The van der Waals surface area contributed by atoms with E-state index in [9.17, 15) is 13.2 Å². The number of nitrogens with zero attached hydrogens (tertiary/aromatic N) is 2. The van der Waals surface area contributed by atoms with E-state index < -0.39 is 11.7 Å². The number of hydrogen-bond acceptors (Lipinski definition) is 2. The third-order valence-electron chi connectivity index (χ3n) is 2.54. The van der Waals surface area contributed by atoms with Crippen molar-refractivity contribution in [1.82, 2.24) is 9.55 Å². The van der Waals surface area contributed by atoms with Crippen LogP contribution in [0.25, 0.3) is 5.69 Å². The van der Waals surface area contributed by atoms with Gasteiger partial charge in [-0.15, -0.1) is 0 Å². The molecule has 0 amide bonds. The van der Waals surface area contributed by atoms with Crippen LogP contribution in [-0.4, -0.2) is 9.55 Å². The molecule has 1 heterocycles. The molecule has 3 nitrogen and oxygen atoms in total. The van der Waals surface area contributed by atoms with Gasteiger partial charge in [-0.05, 0) is 25.1 Å². The summed E-state index contributed by atoms with van der Waals surface area (Å²) in [6, 6.07) is 4.81. The van der Waals surface area contributed by atoms with Gasteiger partial charge in [0.1, 0.15) is 0 Å². The first-order chi connectivity index (χ1) is 8.38. The van der Waals surface area contributed by atoms with E-state index in [0.29, 0.717) is 11.4 Å². The molecule has 6 heteroatoms. The van der Waals surface area contributed by atoms with Gasteiger partial charge in [0.15, 0.2) is 0 Å².